The summed E-state index contributed by atoms with van der Waals surface area (Å²) in [5.74, 6) is 1.36. The van der Waals surface area contributed by atoms with Crippen molar-refractivity contribution in [1.82, 2.24) is 4.98 Å². The Morgan fingerprint density at radius 3 is 2.29 bits per heavy atom. The number of hydrogen-bond donors (Lipinski definition) is 1. The van der Waals surface area contributed by atoms with Gasteiger partial charge >= 0.3 is 0 Å². The molecule has 0 aliphatic carbocycles. The molecule has 0 spiro atoms. The molecule has 0 saturated heterocycles. The van der Waals surface area contributed by atoms with Crippen LogP contribution >= 0.6 is 0 Å². The van der Waals surface area contributed by atoms with E-state index in [2.05, 4.69) is 4.98 Å². The monoisotopic (exact) mass is 241 g/mol. The zero-order valence-electron chi connectivity index (χ0n) is 10.7. The topological polar surface area (TPSA) is 60.8 Å². The Labute approximate surface area is 101 Å². The fourth-order valence-electron chi connectivity index (χ4n) is 1.51. The fourth-order valence-corrected chi connectivity index (χ4v) is 1.51. The summed E-state index contributed by atoms with van der Waals surface area (Å²) in [7, 11) is 4.60. The molecule has 1 rings (SSSR count). The number of rotatable bonds is 6. The molecule has 1 heterocycles. The predicted octanol–water partition coefficient (Wildman–Crippen LogP) is 1.42. The minimum atomic E-state index is -0.413. The third-order valence-corrected chi connectivity index (χ3v) is 2.53. The fraction of sp³-hybridized carbons (Fsp3) is 0.583. The number of aliphatic hydroxyl groups is 1. The van der Waals surface area contributed by atoms with E-state index in [1.807, 2.05) is 6.92 Å². The van der Waals surface area contributed by atoms with Crippen molar-refractivity contribution < 1.29 is 19.3 Å². The van der Waals surface area contributed by atoms with Gasteiger partial charge in [0.25, 0.3) is 5.88 Å². The van der Waals surface area contributed by atoms with Crippen LogP contribution in [0.15, 0.2) is 6.07 Å². The summed E-state index contributed by atoms with van der Waals surface area (Å²) in [6.07, 6.45) is 0.744. The molecule has 0 aromatic carbocycles. The average Bonchev–Trinajstić information content (AvgIpc) is 2.37. The molecule has 0 radical (unpaired) electrons. The molecule has 1 aromatic rings. The van der Waals surface area contributed by atoms with Gasteiger partial charge in [-0.25, -0.2) is 0 Å². The molecule has 5 heteroatoms. The lowest BCUT2D eigenvalue weighted by Crippen LogP contribution is -2.10. The van der Waals surface area contributed by atoms with Crippen molar-refractivity contribution in [2.24, 2.45) is 0 Å². The maximum atomic E-state index is 9.67. The third kappa shape index (κ3) is 3.23. The number of ether oxygens (including phenoxy) is 3. The number of hydrogen-bond acceptors (Lipinski definition) is 5. The second-order valence-electron chi connectivity index (χ2n) is 3.63. The number of pyridine rings is 1. The highest BCUT2D eigenvalue weighted by molar-refractivity contribution is 5.42. The Kier molecular flexibility index (Phi) is 5.03. The molecule has 5 nitrogen and oxygen atoms in total. The van der Waals surface area contributed by atoms with Crippen LogP contribution in [0.1, 0.15) is 18.9 Å². The van der Waals surface area contributed by atoms with Crippen molar-refractivity contribution in [3.8, 4) is 17.5 Å². The zero-order chi connectivity index (χ0) is 12.8. The number of methoxy groups -OCH3 is 3. The van der Waals surface area contributed by atoms with Gasteiger partial charge in [0.15, 0.2) is 5.75 Å². The first-order valence-electron chi connectivity index (χ1n) is 5.50. The molecule has 0 amide bonds. The molecular formula is C12H19NO4. The van der Waals surface area contributed by atoms with E-state index in [1.54, 1.807) is 13.2 Å². The molecule has 96 valence electrons. The molecule has 17 heavy (non-hydrogen) atoms. The van der Waals surface area contributed by atoms with Crippen LogP contribution < -0.4 is 14.2 Å². The van der Waals surface area contributed by atoms with Crippen LogP contribution in [0.4, 0.5) is 0 Å². The van der Waals surface area contributed by atoms with E-state index in [9.17, 15) is 5.11 Å². The summed E-state index contributed by atoms with van der Waals surface area (Å²) in [5, 5.41) is 9.67. The smallest absolute Gasteiger partial charge is 0.260 e. The lowest BCUT2D eigenvalue weighted by atomic mass is 10.1. The van der Waals surface area contributed by atoms with Crippen LogP contribution in [0.3, 0.4) is 0 Å². The van der Waals surface area contributed by atoms with Crippen LogP contribution in [0.2, 0.25) is 0 Å². The normalized spacial score (nSPS) is 12.1. The minimum Gasteiger partial charge on any atom is -0.491 e. The predicted molar refractivity (Wildman–Crippen MR) is 63.9 cm³/mol. The first kappa shape index (κ1) is 13.6. The van der Waals surface area contributed by atoms with Crippen molar-refractivity contribution in [1.29, 1.82) is 0 Å². The van der Waals surface area contributed by atoms with Crippen LogP contribution in [0.5, 0.6) is 17.5 Å². The van der Waals surface area contributed by atoms with Crippen molar-refractivity contribution in [2.45, 2.75) is 25.9 Å². The quantitative estimate of drug-likeness (QED) is 0.816. The molecule has 1 unspecified atom stereocenters. The molecule has 1 N–H and O–H groups in total. The number of nitrogens with zero attached hydrogens (tertiary/aromatic N) is 1. The molecule has 0 aliphatic heterocycles. The first-order chi connectivity index (χ1) is 8.15. The highest BCUT2D eigenvalue weighted by Gasteiger charge is 2.15. The van der Waals surface area contributed by atoms with Gasteiger partial charge in [0.05, 0.1) is 27.4 Å². The molecule has 0 fully saturated rings. The number of aromatic nitrogens is 1. The van der Waals surface area contributed by atoms with Gasteiger partial charge < -0.3 is 19.3 Å². The van der Waals surface area contributed by atoms with Crippen LogP contribution in [0.25, 0.3) is 0 Å². The van der Waals surface area contributed by atoms with Crippen LogP contribution in [0, 0.1) is 0 Å². The average molecular weight is 241 g/mol. The van der Waals surface area contributed by atoms with E-state index in [4.69, 9.17) is 14.2 Å². The number of aliphatic hydroxyl groups excluding tert-OH is 1. The Hall–Kier alpha value is -1.49. The van der Waals surface area contributed by atoms with Gasteiger partial charge in [0.2, 0.25) is 5.88 Å². The molecule has 0 saturated carbocycles. The van der Waals surface area contributed by atoms with Gasteiger partial charge in [-0.15, -0.1) is 0 Å². The molecule has 0 aliphatic rings. The van der Waals surface area contributed by atoms with Gasteiger partial charge in [-0.3, -0.25) is 0 Å². The SMILES string of the molecule is CCC(O)Cc1cc(OC)c(OC)nc1OC. The zero-order valence-corrected chi connectivity index (χ0v) is 10.7. The van der Waals surface area contributed by atoms with Crippen molar-refractivity contribution in [2.75, 3.05) is 21.3 Å². The summed E-state index contributed by atoms with van der Waals surface area (Å²) < 4.78 is 15.4. The van der Waals surface area contributed by atoms with Gasteiger partial charge in [-0.1, -0.05) is 6.92 Å². The summed E-state index contributed by atoms with van der Waals surface area (Å²) in [5.41, 5.74) is 0.805. The molecule has 0 bridgehead atoms. The maximum absolute atomic E-state index is 9.67. The van der Waals surface area contributed by atoms with Crippen LogP contribution in [-0.4, -0.2) is 37.5 Å². The Balaban J connectivity index is 3.09. The van der Waals surface area contributed by atoms with E-state index in [-0.39, 0.29) is 0 Å². The lowest BCUT2D eigenvalue weighted by molar-refractivity contribution is 0.169. The van der Waals surface area contributed by atoms with Crippen molar-refractivity contribution in [3.05, 3.63) is 11.6 Å². The van der Waals surface area contributed by atoms with Gasteiger partial charge in [-0.05, 0) is 12.5 Å². The van der Waals surface area contributed by atoms with Gasteiger partial charge in [-0.2, -0.15) is 4.98 Å². The van der Waals surface area contributed by atoms with Crippen LogP contribution in [-0.2, 0) is 6.42 Å². The van der Waals surface area contributed by atoms with E-state index in [0.717, 1.165) is 5.56 Å². The van der Waals surface area contributed by atoms with E-state index in [1.165, 1.54) is 14.2 Å². The highest BCUT2D eigenvalue weighted by atomic mass is 16.5. The van der Waals surface area contributed by atoms with E-state index < -0.39 is 6.10 Å². The Morgan fingerprint density at radius 2 is 1.82 bits per heavy atom. The van der Waals surface area contributed by atoms with Gasteiger partial charge in [0, 0.05) is 12.0 Å². The first-order valence-corrected chi connectivity index (χ1v) is 5.50. The lowest BCUT2D eigenvalue weighted by Gasteiger charge is -2.14. The second-order valence-corrected chi connectivity index (χ2v) is 3.63. The van der Waals surface area contributed by atoms with E-state index >= 15 is 0 Å². The largest absolute Gasteiger partial charge is 0.491 e. The Morgan fingerprint density at radius 1 is 1.18 bits per heavy atom. The van der Waals surface area contributed by atoms with Crippen molar-refractivity contribution in [3.63, 3.8) is 0 Å². The third-order valence-electron chi connectivity index (χ3n) is 2.53. The standard InChI is InChI=1S/C12H19NO4/c1-5-9(14)6-8-7-10(15-2)12(17-4)13-11(8)16-3/h7,9,14H,5-6H2,1-4H3. The second kappa shape index (κ2) is 6.30. The summed E-state index contributed by atoms with van der Waals surface area (Å²) in [4.78, 5) is 4.19. The molecule has 1 aromatic heterocycles. The van der Waals surface area contributed by atoms with E-state index in [0.29, 0.717) is 30.4 Å². The summed E-state index contributed by atoms with van der Waals surface area (Å²) in [6.45, 7) is 1.92. The molecular weight excluding hydrogens is 222 g/mol. The maximum Gasteiger partial charge on any atom is 0.260 e. The highest BCUT2D eigenvalue weighted by Crippen LogP contribution is 2.31. The Bertz CT molecular complexity index is 368. The van der Waals surface area contributed by atoms with Gasteiger partial charge in [0.1, 0.15) is 0 Å². The molecule has 1 atom stereocenters. The van der Waals surface area contributed by atoms with Crippen molar-refractivity contribution >= 4 is 0 Å². The minimum absolute atomic E-state index is 0.374. The summed E-state index contributed by atoms with van der Waals surface area (Å²) >= 11 is 0. The summed E-state index contributed by atoms with van der Waals surface area (Å²) in [6, 6.07) is 1.78.